The Morgan fingerprint density at radius 1 is 0.419 bits per heavy atom. The number of hydrogen-bond acceptors (Lipinski definition) is 1. The van der Waals surface area contributed by atoms with Gasteiger partial charge in [0, 0.05) is 16.3 Å². The van der Waals surface area contributed by atoms with Gasteiger partial charge in [-0.05, 0) is 72.3 Å². The van der Waals surface area contributed by atoms with E-state index < -0.39 is 154 Å². The third-order valence-corrected chi connectivity index (χ3v) is 7.50. The molecule has 0 unspecified atom stereocenters. The lowest BCUT2D eigenvalue weighted by Gasteiger charge is -2.19. The quantitative estimate of drug-likeness (QED) is 0.194. The second-order valence-corrected chi connectivity index (χ2v) is 9.71. The molecule has 0 saturated heterocycles. The maximum absolute atomic E-state index is 9.49. The minimum atomic E-state index is -0.829. The Morgan fingerprint density at radius 3 is 1.70 bits per heavy atom. The minimum Gasteiger partial charge on any atom is -0.455 e. The molecule has 0 atom stereocenters. The van der Waals surface area contributed by atoms with E-state index in [1.807, 2.05) is 0 Å². The number of fused-ring (bicyclic) bond motifs is 6. The van der Waals surface area contributed by atoms with Crippen LogP contribution in [-0.2, 0) is 0 Å². The summed E-state index contributed by atoms with van der Waals surface area (Å²) < 4.78 is 184. The van der Waals surface area contributed by atoms with Crippen LogP contribution in [0.1, 0.15) is 27.4 Å². The van der Waals surface area contributed by atoms with E-state index in [0.29, 0.717) is 5.39 Å². The lowest BCUT2D eigenvalue weighted by atomic mass is 9.83. The molecule has 43 heavy (non-hydrogen) atoms. The number of rotatable bonds is 3. The number of hydrogen-bond donors (Lipinski definition) is 0. The molecule has 0 spiro atoms. The molecular formula is C42H26O. The first-order valence-electron chi connectivity index (χ1n) is 23.1. The zero-order valence-corrected chi connectivity index (χ0v) is 21.9. The predicted molar refractivity (Wildman–Crippen MR) is 183 cm³/mol. The highest BCUT2D eigenvalue weighted by molar-refractivity contribution is 6.27. The minimum absolute atomic E-state index is 0.0360. The molecule has 9 rings (SSSR count). The van der Waals surface area contributed by atoms with E-state index in [1.54, 1.807) is 24.3 Å². The maximum atomic E-state index is 9.49. The van der Waals surface area contributed by atoms with Crippen LogP contribution in [0.2, 0.25) is 0 Å². The van der Waals surface area contributed by atoms with Crippen molar-refractivity contribution in [3.63, 3.8) is 0 Å². The van der Waals surface area contributed by atoms with Crippen LogP contribution >= 0.6 is 0 Å². The topological polar surface area (TPSA) is 13.1 Å². The summed E-state index contributed by atoms with van der Waals surface area (Å²) in [7, 11) is 0. The van der Waals surface area contributed by atoms with Gasteiger partial charge in [0.25, 0.3) is 0 Å². The normalized spacial score (nSPS) is 18.2. The van der Waals surface area contributed by atoms with Crippen LogP contribution < -0.4 is 0 Å². The highest BCUT2D eigenvalue weighted by Gasteiger charge is 2.22. The first kappa shape index (κ1) is 11.6. The molecule has 1 heterocycles. The SMILES string of the molecule is [2H]c1c([2H])c([2H])c(-c2ccc(-c3c4c([2H])c([2H])c([2H])c([2H])c4c(-c4c([2H])c([2H])c([2H])c5c([2H])c([2H])c([2H])c([2H])c45)c4c([2H])c([2H])c([2H])c([2H])c34)c3c2oc2ccccc23)c([2H])c1[2H]. The van der Waals surface area contributed by atoms with Crippen LogP contribution in [0, 0.1) is 0 Å². The second kappa shape index (κ2) is 9.44. The average molecular weight is 567 g/mol. The Labute approximate surface area is 277 Å². The van der Waals surface area contributed by atoms with Crippen molar-refractivity contribution in [2.24, 2.45) is 0 Å². The molecule has 0 aliphatic carbocycles. The van der Waals surface area contributed by atoms with Gasteiger partial charge in [-0.15, -0.1) is 0 Å². The summed E-state index contributed by atoms with van der Waals surface area (Å²) in [5, 5.41) is -2.06. The third kappa shape index (κ3) is 3.58. The second-order valence-electron chi connectivity index (χ2n) is 9.71. The van der Waals surface area contributed by atoms with Gasteiger partial charge in [0.2, 0.25) is 0 Å². The van der Waals surface area contributed by atoms with Crippen molar-refractivity contribution in [3.8, 4) is 33.4 Å². The molecular weight excluding hydrogens is 520 g/mol. The van der Waals surface area contributed by atoms with Crippen molar-refractivity contribution in [1.82, 2.24) is 0 Å². The van der Waals surface area contributed by atoms with Crippen LogP contribution in [0.25, 0.3) is 87.6 Å². The van der Waals surface area contributed by atoms with Crippen molar-refractivity contribution in [2.75, 3.05) is 0 Å². The third-order valence-electron chi connectivity index (χ3n) is 7.50. The van der Waals surface area contributed by atoms with E-state index in [2.05, 4.69) is 0 Å². The van der Waals surface area contributed by atoms with Crippen molar-refractivity contribution in [3.05, 3.63) is 157 Å². The van der Waals surface area contributed by atoms with Gasteiger partial charge in [-0.1, -0.05) is 145 Å². The van der Waals surface area contributed by atoms with Crippen LogP contribution in [0.4, 0.5) is 0 Å². The summed E-state index contributed by atoms with van der Waals surface area (Å²) in [5.74, 6) is 0. The summed E-state index contributed by atoms with van der Waals surface area (Å²) >= 11 is 0. The van der Waals surface area contributed by atoms with Crippen molar-refractivity contribution >= 4 is 54.3 Å². The molecule has 9 aromatic rings. The molecule has 200 valence electrons. The maximum Gasteiger partial charge on any atom is 0.143 e. The van der Waals surface area contributed by atoms with Crippen LogP contribution in [-0.4, -0.2) is 0 Å². The highest BCUT2D eigenvalue weighted by Crippen LogP contribution is 2.49. The Morgan fingerprint density at radius 2 is 0.977 bits per heavy atom. The first-order valence-corrected chi connectivity index (χ1v) is 13.1. The van der Waals surface area contributed by atoms with Gasteiger partial charge in [-0.25, -0.2) is 0 Å². The Kier molecular flexibility index (Phi) is 2.54. The average Bonchev–Trinajstić information content (AvgIpc) is 3.67. The standard InChI is InChI=1S/C42H26O/c1-2-13-28(14-3-1)30-25-26-37(41-36-22-10-11-24-38(36)43-42(30)41)40-34-20-8-6-18-32(34)39(33-19-7-9-21-35(33)40)31-23-12-16-27-15-4-5-17-29(27)31/h1-26H/i1D,2D,3D,4D,5D,6D,7D,8D,9D,12D,13D,14D,15D,16D,17D,18D,19D,20D,21D,23D. The summed E-state index contributed by atoms with van der Waals surface area (Å²) in [4.78, 5) is 0. The molecule has 0 amide bonds. The van der Waals surface area contributed by atoms with E-state index >= 15 is 0 Å². The van der Waals surface area contributed by atoms with Crippen molar-refractivity contribution < 1.29 is 31.8 Å². The largest absolute Gasteiger partial charge is 0.455 e. The van der Waals surface area contributed by atoms with Gasteiger partial charge >= 0.3 is 0 Å². The fourth-order valence-electron chi connectivity index (χ4n) is 5.76. The molecule has 0 radical (unpaired) electrons. The highest BCUT2D eigenvalue weighted by atomic mass is 16.3. The summed E-state index contributed by atoms with van der Waals surface area (Å²) in [6, 6.07) is -5.24. The van der Waals surface area contributed by atoms with E-state index in [9.17, 15) is 6.85 Å². The fourth-order valence-corrected chi connectivity index (χ4v) is 5.76. The fraction of sp³-hybridized carbons (Fsp3) is 0. The van der Waals surface area contributed by atoms with Crippen LogP contribution in [0.3, 0.4) is 0 Å². The van der Waals surface area contributed by atoms with Crippen molar-refractivity contribution in [1.29, 1.82) is 0 Å². The van der Waals surface area contributed by atoms with E-state index in [4.69, 9.17) is 25.0 Å². The van der Waals surface area contributed by atoms with Crippen molar-refractivity contribution in [2.45, 2.75) is 0 Å². The van der Waals surface area contributed by atoms with Crippen LogP contribution in [0.15, 0.2) is 162 Å². The summed E-state index contributed by atoms with van der Waals surface area (Å²) in [6.07, 6.45) is 0. The molecule has 0 aliphatic rings. The molecule has 8 aromatic carbocycles. The molecule has 0 aliphatic heterocycles. The molecule has 0 fully saturated rings. The first-order chi connectivity index (χ1) is 29.7. The zero-order chi connectivity index (χ0) is 45.7. The van der Waals surface area contributed by atoms with Gasteiger partial charge in [0.1, 0.15) is 11.2 Å². The summed E-state index contributed by atoms with van der Waals surface area (Å²) in [5.41, 5.74) is -1.13. The van der Waals surface area contributed by atoms with Gasteiger partial charge in [0.05, 0.1) is 27.4 Å². The number of furan rings is 1. The van der Waals surface area contributed by atoms with Gasteiger partial charge in [-0.3, -0.25) is 0 Å². The van der Waals surface area contributed by atoms with Gasteiger partial charge in [0.15, 0.2) is 0 Å². The molecule has 1 aromatic heterocycles. The van der Waals surface area contributed by atoms with Gasteiger partial charge in [-0.2, -0.15) is 0 Å². The zero-order valence-electron chi connectivity index (χ0n) is 41.9. The smallest absolute Gasteiger partial charge is 0.143 e. The predicted octanol–water partition coefficient (Wildman–Crippen LogP) is 12.0. The lowest BCUT2D eigenvalue weighted by molar-refractivity contribution is 0.670. The lowest BCUT2D eigenvalue weighted by Crippen LogP contribution is -1.92. The Bertz CT molecular complexity index is 3510. The Balaban J connectivity index is 1.63. The molecule has 1 heteroatoms. The summed E-state index contributed by atoms with van der Waals surface area (Å²) in [6.45, 7) is 0. The monoisotopic (exact) mass is 566 g/mol. The molecule has 0 bridgehead atoms. The number of benzene rings is 8. The Hall–Kier alpha value is -5.66. The van der Waals surface area contributed by atoms with Crippen LogP contribution in [0.5, 0.6) is 0 Å². The molecule has 0 saturated carbocycles. The van der Waals surface area contributed by atoms with E-state index in [-0.39, 0.29) is 49.6 Å². The van der Waals surface area contributed by atoms with E-state index in [1.165, 1.54) is 12.1 Å². The molecule has 0 N–H and O–H groups in total. The van der Waals surface area contributed by atoms with E-state index in [0.717, 1.165) is 0 Å². The molecule has 1 nitrogen and oxygen atoms in total. The number of para-hydroxylation sites is 1. The van der Waals surface area contributed by atoms with Gasteiger partial charge < -0.3 is 4.42 Å².